The Balaban J connectivity index is 1.19. The third-order valence-electron chi connectivity index (χ3n) is 11.1. The molecule has 0 saturated heterocycles. The molecule has 7 nitrogen and oxygen atoms in total. The van der Waals surface area contributed by atoms with E-state index in [1.54, 1.807) is 12.1 Å². The van der Waals surface area contributed by atoms with Crippen LogP contribution in [-0.2, 0) is 0 Å². The lowest BCUT2D eigenvalue weighted by molar-refractivity contribution is 0.589. The molecule has 3 heterocycles. The van der Waals surface area contributed by atoms with Crippen molar-refractivity contribution in [2.75, 3.05) is 0 Å². The lowest BCUT2D eigenvalue weighted by Gasteiger charge is -2.17. The molecule has 63 heavy (non-hydrogen) atoms. The van der Waals surface area contributed by atoms with Crippen LogP contribution in [0.5, 0.6) is 0 Å². The first-order valence-corrected chi connectivity index (χ1v) is 20.4. The van der Waals surface area contributed by atoms with E-state index in [1.165, 1.54) is 18.2 Å². The molecule has 298 valence electrons. The lowest BCUT2D eigenvalue weighted by atomic mass is 9.99. The molecule has 0 aliphatic rings. The molecule has 11 aromatic rings. The van der Waals surface area contributed by atoms with E-state index in [0.717, 1.165) is 49.6 Å². The van der Waals surface area contributed by atoms with Gasteiger partial charge in [0, 0.05) is 44.2 Å². The van der Waals surface area contributed by atoms with E-state index in [9.17, 15) is 0 Å². The van der Waals surface area contributed by atoms with Gasteiger partial charge in [0.05, 0.1) is 22.3 Å². The maximum Gasteiger partial charge on any atom is 0.166 e. The van der Waals surface area contributed by atoms with Crippen molar-refractivity contribution in [1.82, 2.24) is 34.5 Å². The molecule has 0 amide bonds. The zero-order chi connectivity index (χ0) is 42.3. The van der Waals surface area contributed by atoms with Crippen molar-refractivity contribution in [1.29, 1.82) is 0 Å². The standard InChI is InChI=1S/C54H33F2N7/c55-43-25-15-26-44(56)48(43)38-29-31-46(42(32-38)54-61-51(36-20-9-3-10-21-36)58-52(62-54)37-22-11-4-12-23-37)63-45-27-14-13-24-40(45)41-30-28-39(33-47(41)63)53-59-49(34-16-5-1-6-17-34)57-50(60-53)35-18-7-2-8-19-35/h1-33H. The Bertz CT molecular complexity index is 3330. The zero-order valence-corrected chi connectivity index (χ0v) is 33.4. The first-order chi connectivity index (χ1) is 31.1. The Morgan fingerprint density at radius 1 is 0.302 bits per heavy atom. The van der Waals surface area contributed by atoms with Gasteiger partial charge in [0.1, 0.15) is 11.6 Å². The van der Waals surface area contributed by atoms with E-state index in [1.807, 2.05) is 146 Å². The van der Waals surface area contributed by atoms with Gasteiger partial charge in [-0.1, -0.05) is 164 Å². The highest BCUT2D eigenvalue weighted by molar-refractivity contribution is 6.10. The topological polar surface area (TPSA) is 82.3 Å². The Morgan fingerprint density at radius 3 is 1.22 bits per heavy atom. The maximum atomic E-state index is 15.6. The van der Waals surface area contributed by atoms with Gasteiger partial charge in [-0.2, -0.15) is 0 Å². The van der Waals surface area contributed by atoms with Crippen molar-refractivity contribution >= 4 is 21.8 Å². The van der Waals surface area contributed by atoms with E-state index >= 15 is 8.78 Å². The smallest absolute Gasteiger partial charge is 0.166 e. The highest BCUT2D eigenvalue weighted by Crippen LogP contribution is 2.40. The van der Waals surface area contributed by atoms with Crippen LogP contribution < -0.4 is 0 Å². The zero-order valence-electron chi connectivity index (χ0n) is 33.4. The summed E-state index contributed by atoms with van der Waals surface area (Å²) in [6, 6.07) is 62.8. The molecule has 0 bridgehead atoms. The normalized spacial score (nSPS) is 11.3. The third-order valence-corrected chi connectivity index (χ3v) is 11.1. The molecule has 0 fully saturated rings. The largest absolute Gasteiger partial charge is 0.308 e. The number of hydrogen-bond donors (Lipinski definition) is 0. The molecule has 0 saturated carbocycles. The monoisotopic (exact) mass is 817 g/mol. The van der Waals surface area contributed by atoms with Crippen LogP contribution in [0.25, 0.3) is 107 Å². The SMILES string of the molecule is Fc1cccc(F)c1-c1ccc(-n2c3ccccc3c3ccc(-c4nc(-c5ccccc5)nc(-c5ccccc5)n4)cc32)c(-c2nc(-c3ccccc3)nc(-c3ccccc3)n2)c1. The number of nitrogens with zero attached hydrogens (tertiary/aromatic N) is 7. The van der Waals surface area contributed by atoms with Gasteiger partial charge in [0.15, 0.2) is 34.9 Å². The van der Waals surface area contributed by atoms with Gasteiger partial charge in [-0.3, -0.25) is 0 Å². The van der Waals surface area contributed by atoms with Gasteiger partial charge in [-0.05, 0) is 42.0 Å². The van der Waals surface area contributed by atoms with Crippen molar-refractivity contribution in [2.24, 2.45) is 0 Å². The van der Waals surface area contributed by atoms with Crippen molar-refractivity contribution in [3.8, 4) is 85.1 Å². The minimum absolute atomic E-state index is 0.145. The summed E-state index contributed by atoms with van der Waals surface area (Å²) in [5.41, 5.74) is 7.26. The Morgan fingerprint density at radius 2 is 0.714 bits per heavy atom. The van der Waals surface area contributed by atoms with Crippen LogP contribution in [0.3, 0.4) is 0 Å². The minimum Gasteiger partial charge on any atom is -0.308 e. The molecule has 0 spiro atoms. The van der Waals surface area contributed by atoms with Crippen LogP contribution in [0.15, 0.2) is 200 Å². The van der Waals surface area contributed by atoms with Gasteiger partial charge >= 0.3 is 0 Å². The average molecular weight is 818 g/mol. The average Bonchev–Trinajstić information content (AvgIpc) is 3.68. The summed E-state index contributed by atoms with van der Waals surface area (Å²) < 4.78 is 33.4. The Kier molecular flexibility index (Phi) is 9.39. The number of para-hydroxylation sites is 1. The first-order valence-electron chi connectivity index (χ1n) is 20.4. The molecule has 0 unspecified atom stereocenters. The molecule has 8 aromatic carbocycles. The second kappa shape index (κ2) is 15.8. The van der Waals surface area contributed by atoms with Crippen LogP contribution in [0, 0.1) is 11.6 Å². The fourth-order valence-electron chi connectivity index (χ4n) is 8.08. The molecule has 0 radical (unpaired) electrons. The van der Waals surface area contributed by atoms with Gasteiger partial charge in [0.2, 0.25) is 0 Å². The van der Waals surface area contributed by atoms with E-state index < -0.39 is 11.6 Å². The summed E-state index contributed by atoms with van der Waals surface area (Å²) in [5, 5.41) is 1.99. The fourth-order valence-corrected chi connectivity index (χ4v) is 8.08. The Hall–Kier alpha value is -8.56. The van der Waals surface area contributed by atoms with Crippen molar-refractivity contribution < 1.29 is 8.78 Å². The number of benzene rings is 8. The van der Waals surface area contributed by atoms with Gasteiger partial charge in [0.25, 0.3) is 0 Å². The minimum atomic E-state index is -0.678. The van der Waals surface area contributed by atoms with Gasteiger partial charge in [-0.25, -0.2) is 38.7 Å². The van der Waals surface area contributed by atoms with Crippen molar-refractivity contribution in [3.05, 3.63) is 212 Å². The summed E-state index contributed by atoms with van der Waals surface area (Å²) >= 11 is 0. The van der Waals surface area contributed by atoms with Crippen LogP contribution >= 0.6 is 0 Å². The predicted molar refractivity (Wildman–Crippen MR) is 246 cm³/mol. The second-order valence-electron chi connectivity index (χ2n) is 15.0. The van der Waals surface area contributed by atoms with E-state index in [4.69, 9.17) is 29.9 Å². The molecular formula is C54H33F2N7. The number of hydrogen-bond acceptors (Lipinski definition) is 6. The van der Waals surface area contributed by atoms with E-state index in [2.05, 4.69) is 28.8 Å². The lowest BCUT2D eigenvalue weighted by Crippen LogP contribution is -2.04. The number of rotatable bonds is 8. The van der Waals surface area contributed by atoms with Gasteiger partial charge < -0.3 is 4.57 Å². The van der Waals surface area contributed by atoms with Crippen molar-refractivity contribution in [2.45, 2.75) is 0 Å². The van der Waals surface area contributed by atoms with Crippen LogP contribution in [0.1, 0.15) is 0 Å². The van der Waals surface area contributed by atoms with E-state index in [-0.39, 0.29) is 5.56 Å². The quantitative estimate of drug-likeness (QED) is 0.152. The fraction of sp³-hybridized carbons (Fsp3) is 0. The third kappa shape index (κ3) is 6.97. The Labute approximate surface area is 360 Å². The molecule has 9 heteroatoms. The number of fused-ring (bicyclic) bond motifs is 3. The summed E-state index contributed by atoms with van der Waals surface area (Å²) in [6.45, 7) is 0. The predicted octanol–water partition coefficient (Wildman–Crippen LogP) is 13.1. The molecule has 11 rings (SSSR count). The summed E-state index contributed by atoms with van der Waals surface area (Å²) in [6.07, 6.45) is 0. The summed E-state index contributed by atoms with van der Waals surface area (Å²) in [5.74, 6) is 1.49. The van der Waals surface area contributed by atoms with E-state index in [0.29, 0.717) is 51.8 Å². The summed E-state index contributed by atoms with van der Waals surface area (Å²) in [7, 11) is 0. The summed E-state index contributed by atoms with van der Waals surface area (Å²) in [4.78, 5) is 30.1. The second-order valence-corrected chi connectivity index (χ2v) is 15.0. The number of halogens is 2. The van der Waals surface area contributed by atoms with Gasteiger partial charge in [-0.15, -0.1) is 0 Å². The highest BCUT2D eigenvalue weighted by atomic mass is 19.1. The van der Waals surface area contributed by atoms with Crippen LogP contribution in [0.4, 0.5) is 8.78 Å². The molecule has 0 aliphatic carbocycles. The van der Waals surface area contributed by atoms with Crippen LogP contribution in [0.2, 0.25) is 0 Å². The molecule has 3 aromatic heterocycles. The molecular weight excluding hydrogens is 785 g/mol. The molecule has 0 atom stereocenters. The molecule has 0 aliphatic heterocycles. The first kappa shape index (κ1) is 37.4. The molecule has 0 N–H and O–H groups in total. The maximum absolute atomic E-state index is 15.6. The van der Waals surface area contributed by atoms with Crippen molar-refractivity contribution in [3.63, 3.8) is 0 Å². The van der Waals surface area contributed by atoms with Crippen LogP contribution in [-0.4, -0.2) is 34.5 Å². The number of aromatic nitrogens is 7. The highest BCUT2D eigenvalue weighted by Gasteiger charge is 2.23.